The number of rotatable bonds is 3. The van der Waals surface area contributed by atoms with E-state index in [4.69, 9.17) is 0 Å². The average Bonchev–Trinajstić information content (AvgIpc) is 2.58. The molecule has 2 rings (SSSR count). The molecular weight excluding hydrogens is 206 g/mol. The summed E-state index contributed by atoms with van der Waals surface area (Å²) in [6.45, 7) is 6.80. The van der Waals surface area contributed by atoms with Crippen LogP contribution in [0.2, 0.25) is 0 Å². The second-order valence-corrected chi connectivity index (χ2v) is 5.79. The SMILES string of the molecule is CNC1CCC(Cc2cc(C)cc(C)c2)C1C. The van der Waals surface area contributed by atoms with Crippen LogP contribution in [0.3, 0.4) is 0 Å². The highest BCUT2D eigenvalue weighted by atomic mass is 14.9. The first-order valence-corrected chi connectivity index (χ1v) is 6.84. The van der Waals surface area contributed by atoms with Crippen molar-refractivity contribution in [3.63, 3.8) is 0 Å². The first-order valence-electron chi connectivity index (χ1n) is 6.84. The molecule has 0 saturated heterocycles. The molecule has 0 spiro atoms. The predicted octanol–water partition coefficient (Wildman–Crippen LogP) is 3.48. The molecule has 3 unspecified atom stereocenters. The molecule has 0 radical (unpaired) electrons. The van der Waals surface area contributed by atoms with Gasteiger partial charge in [0, 0.05) is 6.04 Å². The summed E-state index contributed by atoms with van der Waals surface area (Å²) in [5, 5.41) is 3.45. The van der Waals surface area contributed by atoms with Gasteiger partial charge in [0.15, 0.2) is 0 Å². The molecule has 1 saturated carbocycles. The van der Waals surface area contributed by atoms with Gasteiger partial charge in [-0.25, -0.2) is 0 Å². The van der Waals surface area contributed by atoms with Gasteiger partial charge in [-0.1, -0.05) is 36.2 Å². The largest absolute Gasteiger partial charge is 0.317 e. The molecule has 17 heavy (non-hydrogen) atoms. The summed E-state index contributed by atoms with van der Waals surface area (Å²) >= 11 is 0. The van der Waals surface area contributed by atoms with Gasteiger partial charge in [0.05, 0.1) is 0 Å². The van der Waals surface area contributed by atoms with Crippen LogP contribution in [0.25, 0.3) is 0 Å². The van der Waals surface area contributed by atoms with Crippen LogP contribution in [0, 0.1) is 25.7 Å². The Bertz CT molecular complexity index is 363. The van der Waals surface area contributed by atoms with E-state index >= 15 is 0 Å². The van der Waals surface area contributed by atoms with Crippen molar-refractivity contribution in [3.8, 4) is 0 Å². The Hall–Kier alpha value is -0.820. The van der Waals surface area contributed by atoms with Crippen LogP contribution in [-0.2, 0) is 6.42 Å². The Morgan fingerprint density at radius 1 is 1.12 bits per heavy atom. The van der Waals surface area contributed by atoms with E-state index in [0.29, 0.717) is 0 Å². The number of nitrogens with one attached hydrogen (secondary N) is 1. The third kappa shape index (κ3) is 2.90. The summed E-state index contributed by atoms with van der Waals surface area (Å²) in [5.74, 6) is 1.66. The van der Waals surface area contributed by atoms with Crippen molar-refractivity contribution in [2.45, 2.75) is 46.1 Å². The highest BCUT2D eigenvalue weighted by molar-refractivity contribution is 5.29. The van der Waals surface area contributed by atoms with Crippen molar-refractivity contribution >= 4 is 0 Å². The van der Waals surface area contributed by atoms with Crippen molar-refractivity contribution in [2.75, 3.05) is 7.05 Å². The summed E-state index contributed by atoms with van der Waals surface area (Å²) in [6.07, 6.45) is 3.97. The Labute approximate surface area is 106 Å². The van der Waals surface area contributed by atoms with Crippen LogP contribution < -0.4 is 5.32 Å². The van der Waals surface area contributed by atoms with Gasteiger partial charge in [0.25, 0.3) is 0 Å². The van der Waals surface area contributed by atoms with Crippen LogP contribution in [-0.4, -0.2) is 13.1 Å². The normalized spacial score (nSPS) is 28.6. The molecule has 0 amide bonds. The van der Waals surface area contributed by atoms with Crippen LogP contribution in [0.1, 0.15) is 36.5 Å². The molecule has 0 aromatic heterocycles. The van der Waals surface area contributed by atoms with E-state index in [0.717, 1.165) is 17.9 Å². The zero-order valence-electron chi connectivity index (χ0n) is 11.6. The minimum absolute atomic E-state index is 0.728. The standard InChI is InChI=1S/C16H25N/c1-11-7-12(2)9-14(8-11)10-15-5-6-16(17-4)13(15)3/h7-9,13,15-17H,5-6,10H2,1-4H3. The first kappa shape index (κ1) is 12.6. The monoisotopic (exact) mass is 231 g/mol. The third-order valence-electron chi connectivity index (χ3n) is 4.38. The number of hydrogen-bond donors (Lipinski definition) is 1. The number of benzene rings is 1. The molecule has 1 nitrogen and oxygen atoms in total. The van der Waals surface area contributed by atoms with Gasteiger partial charge in [-0.05, 0) is 57.6 Å². The average molecular weight is 231 g/mol. The van der Waals surface area contributed by atoms with Crippen molar-refractivity contribution < 1.29 is 0 Å². The lowest BCUT2D eigenvalue weighted by atomic mass is 9.88. The number of hydrogen-bond acceptors (Lipinski definition) is 1. The van der Waals surface area contributed by atoms with Crippen molar-refractivity contribution in [3.05, 3.63) is 34.9 Å². The Morgan fingerprint density at radius 2 is 1.76 bits per heavy atom. The molecule has 1 heteroatoms. The molecule has 0 aliphatic heterocycles. The summed E-state index contributed by atoms with van der Waals surface area (Å²) in [6, 6.07) is 7.70. The molecule has 0 bridgehead atoms. The fraction of sp³-hybridized carbons (Fsp3) is 0.625. The molecule has 1 aliphatic rings. The Morgan fingerprint density at radius 3 is 2.29 bits per heavy atom. The van der Waals surface area contributed by atoms with Gasteiger partial charge in [-0.15, -0.1) is 0 Å². The van der Waals surface area contributed by atoms with Crippen LogP contribution in [0.4, 0.5) is 0 Å². The van der Waals surface area contributed by atoms with E-state index in [2.05, 4.69) is 51.3 Å². The van der Waals surface area contributed by atoms with E-state index in [-0.39, 0.29) is 0 Å². The fourth-order valence-corrected chi connectivity index (χ4v) is 3.43. The zero-order chi connectivity index (χ0) is 12.4. The summed E-state index contributed by atoms with van der Waals surface area (Å²) < 4.78 is 0. The van der Waals surface area contributed by atoms with E-state index in [9.17, 15) is 0 Å². The minimum Gasteiger partial charge on any atom is -0.317 e. The minimum atomic E-state index is 0.728. The van der Waals surface area contributed by atoms with Gasteiger partial charge < -0.3 is 5.32 Å². The summed E-state index contributed by atoms with van der Waals surface area (Å²) in [4.78, 5) is 0. The summed E-state index contributed by atoms with van der Waals surface area (Å²) in [7, 11) is 2.10. The van der Waals surface area contributed by atoms with Gasteiger partial charge in [-0.2, -0.15) is 0 Å². The van der Waals surface area contributed by atoms with Gasteiger partial charge in [-0.3, -0.25) is 0 Å². The lowest BCUT2D eigenvalue weighted by Gasteiger charge is -2.20. The zero-order valence-corrected chi connectivity index (χ0v) is 11.6. The topological polar surface area (TPSA) is 12.0 Å². The maximum atomic E-state index is 3.45. The Kier molecular flexibility index (Phi) is 3.88. The molecule has 1 fully saturated rings. The highest BCUT2D eigenvalue weighted by Crippen LogP contribution is 2.34. The number of aryl methyl sites for hydroxylation is 2. The van der Waals surface area contributed by atoms with E-state index in [1.165, 1.54) is 36.0 Å². The molecule has 94 valence electrons. The van der Waals surface area contributed by atoms with Gasteiger partial charge in [0.2, 0.25) is 0 Å². The van der Waals surface area contributed by atoms with Gasteiger partial charge in [0.1, 0.15) is 0 Å². The predicted molar refractivity (Wildman–Crippen MR) is 74.4 cm³/mol. The van der Waals surface area contributed by atoms with Crippen molar-refractivity contribution in [2.24, 2.45) is 11.8 Å². The van der Waals surface area contributed by atoms with E-state index in [1.54, 1.807) is 0 Å². The van der Waals surface area contributed by atoms with E-state index in [1.807, 2.05) is 0 Å². The second-order valence-electron chi connectivity index (χ2n) is 5.79. The fourth-order valence-electron chi connectivity index (χ4n) is 3.43. The molecule has 1 N–H and O–H groups in total. The van der Waals surface area contributed by atoms with Crippen molar-refractivity contribution in [1.82, 2.24) is 5.32 Å². The van der Waals surface area contributed by atoms with Crippen LogP contribution in [0.15, 0.2) is 18.2 Å². The smallest absolute Gasteiger partial charge is 0.00925 e. The summed E-state index contributed by atoms with van der Waals surface area (Å²) in [5.41, 5.74) is 4.32. The van der Waals surface area contributed by atoms with Gasteiger partial charge >= 0.3 is 0 Å². The molecule has 1 aliphatic carbocycles. The van der Waals surface area contributed by atoms with Crippen molar-refractivity contribution in [1.29, 1.82) is 0 Å². The highest BCUT2D eigenvalue weighted by Gasteiger charge is 2.31. The molecule has 0 heterocycles. The Balaban J connectivity index is 2.06. The molecule has 3 atom stereocenters. The maximum absolute atomic E-state index is 3.45. The molecule has 1 aromatic carbocycles. The van der Waals surface area contributed by atoms with Crippen LogP contribution in [0.5, 0.6) is 0 Å². The first-order chi connectivity index (χ1) is 8.10. The van der Waals surface area contributed by atoms with Crippen LogP contribution >= 0.6 is 0 Å². The molecular formula is C16H25N. The second kappa shape index (κ2) is 5.22. The molecule has 1 aromatic rings. The van der Waals surface area contributed by atoms with E-state index < -0.39 is 0 Å². The lowest BCUT2D eigenvalue weighted by Crippen LogP contribution is -2.29. The third-order valence-corrected chi connectivity index (χ3v) is 4.38. The lowest BCUT2D eigenvalue weighted by molar-refractivity contribution is 0.364. The maximum Gasteiger partial charge on any atom is 0.00925 e. The quantitative estimate of drug-likeness (QED) is 0.840.